The summed E-state index contributed by atoms with van der Waals surface area (Å²) in [4.78, 5) is 70.8. The van der Waals surface area contributed by atoms with Crippen molar-refractivity contribution in [2.24, 2.45) is 0 Å². The number of nitrogens with zero attached hydrogens (tertiary/aromatic N) is 2. The molecule has 2 aromatic heterocycles. The maximum atomic E-state index is 12.5. The van der Waals surface area contributed by atoms with E-state index in [-0.39, 0.29) is 34.0 Å². The number of Topliss-reactive ketones (excluding diaryl/α,β-unsaturated/α-hetero) is 2. The smallest absolute Gasteiger partial charge is 0.374 e. The number of esters is 3. The van der Waals surface area contributed by atoms with E-state index in [1.54, 1.807) is 0 Å². The topological polar surface area (TPSA) is 155 Å². The van der Waals surface area contributed by atoms with Gasteiger partial charge in [0.15, 0.2) is 0 Å². The predicted molar refractivity (Wildman–Crippen MR) is 84.5 cm³/mol. The number of carbonyl (C=O) groups is 5. The molecule has 3 rings (SSSR count). The first kappa shape index (κ1) is 17.9. The van der Waals surface area contributed by atoms with Crippen LogP contribution in [-0.2, 0) is 14.2 Å². The van der Waals surface area contributed by atoms with E-state index < -0.39 is 35.2 Å². The molecule has 2 heterocycles. The fourth-order valence-corrected chi connectivity index (χ4v) is 2.56. The van der Waals surface area contributed by atoms with E-state index in [4.69, 9.17) is 0 Å². The number of H-pyrrole nitrogens is 1. The third-order valence-electron chi connectivity index (χ3n) is 3.79. The molecule has 2 aromatic rings. The van der Waals surface area contributed by atoms with Crippen molar-refractivity contribution in [1.29, 1.82) is 0 Å². The van der Waals surface area contributed by atoms with Crippen LogP contribution in [0.15, 0.2) is 6.07 Å². The minimum atomic E-state index is -1.09. The lowest BCUT2D eigenvalue weighted by atomic mass is 9.90. The van der Waals surface area contributed by atoms with Crippen LogP contribution in [-0.4, -0.2) is 65.8 Å². The average molecular weight is 373 g/mol. The minimum Gasteiger partial charge on any atom is -0.465 e. The monoisotopic (exact) mass is 373 g/mol. The number of methoxy groups -OCH3 is 3. The van der Waals surface area contributed by atoms with E-state index in [2.05, 4.69) is 29.2 Å². The minimum absolute atomic E-state index is 0.138. The van der Waals surface area contributed by atoms with Crippen LogP contribution in [0.4, 0.5) is 0 Å². The first-order valence-corrected chi connectivity index (χ1v) is 7.33. The fourth-order valence-electron chi connectivity index (χ4n) is 2.56. The van der Waals surface area contributed by atoms with E-state index in [0.29, 0.717) is 0 Å². The molecule has 0 aliphatic heterocycles. The van der Waals surface area contributed by atoms with Gasteiger partial charge in [0.2, 0.25) is 5.82 Å². The summed E-state index contributed by atoms with van der Waals surface area (Å²) in [5.74, 6) is -5.19. The second kappa shape index (κ2) is 6.44. The molecule has 1 aliphatic carbocycles. The van der Waals surface area contributed by atoms with Crippen molar-refractivity contribution in [2.75, 3.05) is 21.3 Å². The number of imidazole rings is 1. The Balaban J connectivity index is 2.37. The van der Waals surface area contributed by atoms with Gasteiger partial charge in [-0.3, -0.25) is 9.59 Å². The molecule has 0 fully saturated rings. The molecule has 0 unspecified atom stereocenters. The van der Waals surface area contributed by atoms with Crippen LogP contribution < -0.4 is 0 Å². The number of fused-ring (bicyclic) bond motifs is 3. The standard InChI is InChI=1S/C16H11N3O8/c1-25-14(22)5-4-6(15(23)26-2)17-9-7(5)8-10(12(21)11(9)20)19-13(18-8)16(24)27-3/h4H,1-3H3,(H,18,19). The lowest BCUT2D eigenvalue weighted by molar-refractivity contribution is 0.0578. The lowest BCUT2D eigenvalue weighted by Crippen LogP contribution is -2.26. The van der Waals surface area contributed by atoms with Gasteiger partial charge in [-0.15, -0.1) is 0 Å². The first-order chi connectivity index (χ1) is 12.8. The third-order valence-corrected chi connectivity index (χ3v) is 3.79. The molecule has 0 amide bonds. The van der Waals surface area contributed by atoms with Crippen LogP contribution >= 0.6 is 0 Å². The Morgan fingerprint density at radius 1 is 0.852 bits per heavy atom. The van der Waals surface area contributed by atoms with Gasteiger partial charge >= 0.3 is 17.9 Å². The highest BCUT2D eigenvalue weighted by atomic mass is 16.5. The van der Waals surface area contributed by atoms with Crippen LogP contribution in [0.1, 0.15) is 52.4 Å². The van der Waals surface area contributed by atoms with Gasteiger partial charge in [-0.2, -0.15) is 0 Å². The second-order valence-electron chi connectivity index (χ2n) is 5.22. The molecule has 0 spiro atoms. The predicted octanol–water partition coefficient (Wildman–Crippen LogP) is 0.210. The highest BCUT2D eigenvalue weighted by Crippen LogP contribution is 2.35. The van der Waals surface area contributed by atoms with Crippen LogP contribution in [0, 0.1) is 0 Å². The van der Waals surface area contributed by atoms with E-state index in [9.17, 15) is 24.0 Å². The third kappa shape index (κ3) is 2.65. The Morgan fingerprint density at radius 2 is 1.48 bits per heavy atom. The summed E-state index contributed by atoms with van der Waals surface area (Å²) in [6.45, 7) is 0. The van der Waals surface area contributed by atoms with Gasteiger partial charge in [0.1, 0.15) is 22.8 Å². The number of rotatable bonds is 3. The lowest BCUT2D eigenvalue weighted by Gasteiger charge is -2.16. The van der Waals surface area contributed by atoms with Gasteiger partial charge in [-0.1, -0.05) is 0 Å². The molecular formula is C16H11N3O8. The first-order valence-electron chi connectivity index (χ1n) is 7.33. The summed E-state index contributed by atoms with van der Waals surface area (Å²) < 4.78 is 13.8. The maximum absolute atomic E-state index is 12.5. The van der Waals surface area contributed by atoms with Crippen LogP contribution in [0.25, 0.3) is 11.3 Å². The summed E-state index contributed by atoms with van der Waals surface area (Å²) >= 11 is 0. The summed E-state index contributed by atoms with van der Waals surface area (Å²) in [7, 11) is 3.28. The number of aromatic amines is 1. The van der Waals surface area contributed by atoms with Crippen molar-refractivity contribution >= 4 is 29.5 Å². The zero-order valence-corrected chi connectivity index (χ0v) is 14.2. The molecule has 1 aliphatic rings. The number of hydrogen-bond donors (Lipinski definition) is 1. The van der Waals surface area contributed by atoms with Crippen LogP contribution in [0.2, 0.25) is 0 Å². The van der Waals surface area contributed by atoms with E-state index in [0.717, 1.165) is 27.4 Å². The highest BCUT2D eigenvalue weighted by molar-refractivity contribution is 6.52. The molecule has 27 heavy (non-hydrogen) atoms. The maximum Gasteiger partial charge on any atom is 0.374 e. The Hall–Kier alpha value is -3.89. The molecule has 0 saturated heterocycles. The van der Waals surface area contributed by atoms with E-state index in [1.807, 2.05) is 0 Å². The number of aromatic nitrogens is 3. The normalized spacial score (nSPS) is 12.1. The Kier molecular flexibility index (Phi) is 4.27. The van der Waals surface area contributed by atoms with Gasteiger partial charge in [0.25, 0.3) is 11.6 Å². The largest absolute Gasteiger partial charge is 0.465 e. The van der Waals surface area contributed by atoms with Crippen molar-refractivity contribution in [3.05, 3.63) is 34.5 Å². The van der Waals surface area contributed by atoms with Gasteiger partial charge in [0.05, 0.1) is 26.9 Å². The van der Waals surface area contributed by atoms with Crippen molar-refractivity contribution in [3.63, 3.8) is 0 Å². The molecule has 138 valence electrons. The molecule has 11 nitrogen and oxygen atoms in total. The molecule has 0 saturated carbocycles. The molecule has 0 radical (unpaired) electrons. The number of nitrogens with one attached hydrogen (secondary N) is 1. The summed E-state index contributed by atoms with van der Waals surface area (Å²) in [6.07, 6.45) is 0. The van der Waals surface area contributed by atoms with E-state index in [1.165, 1.54) is 0 Å². The number of pyridine rings is 1. The Bertz CT molecular complexity index is 1040. The highest BCUT2D eigenvalue weighted by Gasteiger charge is 2.39. The van der Waals surface area contributed by atoms with E-state index >= 15 is 0 Å². The molecular weight excluding hydrogens is 362 g/mol. The second-order valence-corrected chi connectivity index (χ2v) is 5.22. The van der Waals surface area contributed by atoms with Gasteiger partial charge in [-0.05, 0) is 6.07 Å². The quantitative estimate of drug-likeness (QED) is 0.448. The summed E-state index contributed by atoms with van der Waals surface area (Å²) in [5, 5.41) is 0. The van der Waals surface area contributed by atoms with Gasteiger partial charge < -0.3 is 19.2 Å². The molecule has 1 N–H and O–H groups in total. The Labute approximate surface area is 150 Å². The fraction of sp³-hybridized carbons (Fsp3) is 0.188. The van der Waals surface area contributed by atoms with Gasteiger partial charge in [-0.25, -0.2) is 24.4 Å². The SMILES string of the molecule is COC(=O)c1cc(C(=O)OC)c2c(n1)C(=O)C(=O)c1[nH]c(C(=O)OC)nc1-2. The van der Waals surface area contributed by atoms with Crippen LogP contribution in [0.5, 0.6) is 0 Å². The number of ether oxygens (including phenoxy) is 3. The number of ketones is 2. The molecule has 11 heteroatoms. The molecule has 0 aromatic carbocycles. The van der Waals surface area contributed by atoms with Crippen molar-refractivity contribution in [2.45, 2.75) is 0 Å². The number of carbonyl (C=O) groups excluding carboxylic acids is 5. The summed E-state index contributed by atoms with van der Waals surface area (Å²) in [6, 6.07) is 1.05. The zero-order chi connectivity index (χ0) is 19.9. The number of hydrogen-bond acceptors (Lipinski definition) is 10. The van der Waals surface area contributed by atoms with Crippen molar-refractivity contribution in [1.82, 2.24) is 15.0 Å². The van der Waals surface area contributed by atoms with Gasteiger partial charge in [0, 0.05) is 5.56 Å². The van der Waals surface area contributed by atoms with Crippen LogP contribution in [0.3, 0.4) is 0 Å². The molecule has 0 atom stereocenters. The zero-order valence-electron chi connectivity index (χ0n) is 14.2. The van der Waals surface area contributed by atoms with Crippen molar-refractivity contribution in [3.8, 4) is 11.3 Å². The molecule has 0 bridgehead atoms. The van der Waals surface area contributed by atoms with Crippen molar-refractivity contribution < 1.29 is 38.2 Å². The Morgan fingerprint density at radius 3 is 2.07 bits per heavy atom. The summed E-state index contributed by atoms with van der Waals surface area (Å²) in [5.41, 5.74) is -1.68. The average Bonchev–Trinajstić information content (AvgIpc) is 3.14.